The summed E-state index contributed by atoms with van der Waals surface area (Å²) in [6, 6.07) is 6.25. The summed E-state index contributed by atoms with van der Waals surface area (Å²) in [7, 11) is 0. The maximum absolute atomic E-state index is 15.1. The Labute approximate surface area is 282 Å². The highest BCUT2D eigenvalue weighted by molar-refractivity contribution is 6.53. The fraction of sp³-hybridized carbons (Fsp3) is 0.300. The highest BCUT2D eigenvalue weighted by Gasteiger charge is 2.68. The van der Waals surface area contributed by atoms with Crippen LogP contribution in [0.3, 0.4) is 0 Å². The maximum atomic E-state index is 15.1. The van der Waals surface area contributed by atoms with Crippen LogP contribution in [0.2, 0.25) is 5.02 Å². The fourth-order valence-electron chi connectivity index (χ4n) is 4.90. The number of carbonyl (C=O) groups is 3. The van der Waals surface area contributed by atoms with Crippen molar-refractivity contribution in [1.29, 1.82) is 0 Å². The number of nitrogens with one attached hydrogen (secondary N) is 1. The average molecular weight is 773 g/mol. The second kappa shape index (κ2) is 13.3. The summed E-state index contributed by atoms with van der Waals surface area (Å²) in [5.41, 5.74) is -4.61. The Balaban J connectivity index is 1.52. The average Bonchev–Trinajstić information content (AvgIpc) is 3.57. The van der Waals surface area contributed by atoms with Crippen molar-refractivity contribution in [3.8, 4) is 0 Å². The lowest BCUT2D eigenvalue weighted by Gasteiger charge is -2.21. The lowest BCUT2D eigenvalue weighted by Crippen LogP contribution is -2.48. The van der Waals surface area contributed by atoms with Gasteiger partial charge >= 0.3 is 18.3 Å². The molecule has 4 nitrogen and oxygen atoms in total. The molecule has 3 atom stereocenters. The standard InChI is InChI=1S/C30H16Cl3F12NO3/c31-17-4-3-13(46-25(49)23-22(27(23,32)33)11-1-6-19(35)16(7-11)29(40,41)42)9-14(17)20(47)8-12-2-5-18(34)15(24(12)36)10-21(48)28(38,39)26(37)30(43,44)45/h1-7,9,22-23,26H,8,10H2,(H,46,49)/t22-,23+,26?/m0/s1. The Kier molecular flexibility index (Phi) is 10.4. The first-order valence-electron chi connectivity index (χ1n) is 13.3. The molecule has 19 heteroatoms. The first-order chi connectivity index (χ1) is 22.4. The third-order valence-corrected chi connectivity index (χ3v) is 8.73. The number of anilines is 1. The molecule has 0 aliphatic heterocycles. The Bertz CT molecular complexity index is 1830. The summed E-state index contributed by atoms with van der Waals surface area (Å²) in [5.74, 6) is -18.1. The number of Topliss-reactive ketones (excluding diaryl/α,β-unsaturated/α-hetero) is 2. The molecule has 1 aliphatic rings. The number of halogens is 15. The molecule has 1 saturated carbocycles. The van der Waals surface area contributed by atoms with Gasteiger partial charge in [0.25, 0.3) is 6.17 Å². The van der Waals surface area contributed by atoms with Crippen molar-refractivity contribution < 1.29 is 67.1 Å². The number of ketones is 2. The van der Waals surface area contributed by atoms with E-state index in [1.807, 2.05) is 0 Å². The van der Waals surface area contributed by atoms with Gasteiger partial charge in [-0.05, 0) is 47.5 Å². The van der Waals surface area contributed by atoms with E-state index in [9.17, 15) is 62.7 Å². The van der Waals surface area contributed by atoms with Gasteiger partial charge in [0.05, 0.1) is 16.5 Å². The van der Waals surface area contributed by atoms with Gasteiger partial charge in [0.2, 0.25) is 11.7 Å². The molecule has 1 aliphatic carbocycles. The van der Waals surface area contributed by atoms with Crippen LogP contribution in [0, 0.1) is 23.4 Å². The highest BCUT2D eigenvalue weighted by Crippen LogP contribution is 2.65. The summed E-state index contributed by atoms with van der Waals surface area (Å²) in [6.45, 7) is 0. The molecule has 264 valence electrons. The number of carbonyl (C=O) groups excluding carboxylic acids is 3. The van der Waals surface area contributed by atoms with Crippen LogP contribution in [0.1, 0.15) is 38.5 Å². The molecule has 0 bridgehead atoms. The highest BCUT2D eigenvalue weighted by atomic mass is 35.5. The lowest BCUT2D eigenvalue weighted by atomic mass is 9.96. The molecule has 1 N–H and O–H groups in total. The molecule has 1 amide bonds. The van der Waals surface area contributed by atoms with Gasteiger partial charge < -0.3 is 5.32 Å². The zero-order valence-electron chi connectivity index (χ0n) is 23.7. The lowest BCUT2D eigenvalue weighted by molar-refractivity contribution is -0.239. The van der Waals surface area contributed by atoms with Gasteiger partial charge in [0, 0.05) is 35.6 Å². The van der Waals surface area contributed by atoms with Crippen LogP contribution >= 0.6 is 34.8 Å². The maximum Gasteiger partial charge on any atom is 0.426 e. The van der Waals surface area contributed by atoms with Crippen LogP contribution in [0.25, 0.3) is 0 Å². The van der Waals surface area contributed by atoms with Crippen LogP contribution in [-0.4, -0.2) is 40.1 Å². The molecule has 0 radical (unpaired) electrons. The predicted molar refractivity (Wildman–Crippen MR) is 151 cm³/mol. The number of hydrogen-bond donors (Lipinski definition) is 1. The molecule has 0 heterocycles. The van der Waals surface area contributed by atoms with Crippen LogP contribution in [-0.2, 0) is 28.6 Å². The Morgan fingerprint density at radius 3 is 2.04 bits per heavy atom. The third kappa shape index (κ3) is 7.80. The number of amides is 1. The second-order valence-corrected chi connectivity index (χ2v) is 12.6. The molecule has 1 fully saturated rings. The Morgan fingerprint density at radius 1 is 0.837 bits per heavy atom. The normalized spacial score (nSPS) is 18.2. The quantitative estimate of drug-likeness (QED) is 0.127. The van der Waals surface area contributed by atoms with Crippen molar-refractivity contribution in [2.45, 2.75) is 47.5 Å². The number of alkyl halides is 11. The minimum absolute atomic E-state index is 0.166. The van der Waals surface area contributed by atoms with Crippen molar-refractivity contribution in [3.05, 3.63) is 98.8 Å². The van der Waals surface area contributed by atoms with Crippen molar-refractivity contribution >= 4 is 58.0 Å². The van der Waals surface area contributed by atoms with Crippen molar-refractivity contribution in [2.75, 3.05) is 5.32 Å². The van der Waals surface area contributed by atoms with E-state index in [0.717, 1.165) is 18.2 Å². The molecule has 0 saturated heterocycles. The molecule has 1 unspecified atom stereocenters. The Hall–Kier alpha value is -3.50. The van der Waals surface area contributed by atoms with Crippen LogP contribution in [0.5, 0.6) is 0 Å². The van der Waals surface area contributed by atoms with Crippen molar-refractivity contribution in [3.63, 3.8) is 0 Å². The van der Waals surface area contributed by atoms with E-state index in [0.29, 0.717) is 24.3 Å². The SMILES string of the molecule is O=C(Cc1ccc(F)c(CC(=O)C(F)(F)C(F)C(F)(F)F)c1F)c1cc(NC(=O)[C@H]2[C@H](c3ccc(F)c(C(F)(F)F)c3)C2(Cl)Cl)ccc1Cl. The van der Waals surface area contributed by atoms with Gasteiger partial charge in [-0.1, -0.05) is 23.7 Å². The van der Waals surface area contributed by atoms with Gasteiger partial charge in [-0.2, -0.15) is 35.1 Å². The second-order valence-electron chi connectivity index (χ2n) is 10.8. The first kappa shape index (κ1) is 38.3. The van der Waals surface area contributed by atoms with Gasteiger partial charge in [0.15, 0.2) is 5.78 Å². The van der Waals surface area contributed by atoms with E-state index in [4.69, 9.17) is 34.8 Å². The van der Waals surface area contributed by atoms with Crippen molar-refractivity contribution in [2.24, 2.45) is 5.92 Å². The molecule has 4 rings (SSSR count). The molecular weight excluding hydrogens is 757 g/mol. The molecule has 0 spiro atoms. The first-order valence-corrected chi connectivity index (χ1v) is 14.5. The van der Waals surface area contributed by atoms with Gasteiger partial charge in [-0.25, -0.2) is 17.6 Å². The molecule has 0 aromatic heterocycles. The van der Waals surface area contributed by atoms with Crippen LogP contribution in [0.15, 0.2) is 48.5 Å². The minimum atomic E-state index is -6.17. The molecular formula is C30H16Cl3F12NO3. The smallest absolute Gasteiger partial charge is 0.326 e. The van der Waals surface area contributed by atoms with E-state index >= 15 is 4.39 Å². The van der Waals surface area contributed by atoms with Gasteiger partial charge in [-0.3, -0.25) is 14.4 Å². The van der Waals surface area contributed by atoms with Crippen LogP contribution < -0.4 is 5.32 Å². The summed E-state index contributed by atoms with van der Waals surface area (Å²) < 4.78 is 159. The summed E-state index contributed by atoms with van der Waals surface area (Å²) >= 11 is 18.4. The minimum Gasteiger partial charge on any atom is -0.326 e. The molecule has 3 aromatic carbocycles. The number of hydrogen-bond acceptors (Lipinski definition) is 3. The van der Waals surface area contributed by atoms with E-state index in [1.165, 1.54) is 6.07 Å². The summed E-state index contributed by atoms with van der Waals surface area (Å²) in [4.78, 5) is 37.8. The molecule has 3 aromatic rings. The zero-order chi connectivity index (χ0) is 37.0. The van der Waals surface area contributed by atoms with E-state index in [1.54, 1.807) is 0 Å². The monoisotopic (exact) mass is 771 g/mol. The van der Waals surface area contributed by atoms with Crippen LogP contribution in [0.4, 0.5) is 58.4 Å². The summed E-state index contributed by atoms with van der Waals surface area (Å²) in [6.07, 6.45) is -19.2. The Morgan fingerprint density at radius 2 is 1.45 bits per heavy atom. The fourth-order valence-corrected chi connectivity index (χ4v) is 5.95. The molecule has 49 heavy (non-hydrogen) atoms. The van der Waals surface area contributed by atoms with Gasteiger partial charge in [0.1, 0.15) is 21.8 Å². The van der Waals surface area contributed by atoms with E-state index in [2.05, 4.69) is 5.32 Å². The van der Waals surface area contributed by atoms with Gasteiger partial charge in [-0.15, -0.1) is 23.2 Å². The van der Waals surface area contributed by atoms with E-state index < -0.39 is 111 Å². The topological polar surface area (TPSA) is 63.2 Å². The number of benzene rings is 3. The largest absolute Gasteiger partial charge is 0.426 e. The summed E-state index contributed by atoms with van der Waals surface area (Å²) in [5, 5.41) is 2.04. The number of rotatable bonds is 10. The van der Waals surface area contributed by atoms with E-state index in [-0.39, 0.29) is 16.3 Å². The predicted octanol–water partition coefficient (Wildman–Crippen LogP) is 9.37. The van der Waals surface area contributed by atoms with Crippen molar-refractivity contribution in [1.82, 2.24) is 0 Å². The third-order valence-electron chi connectivity index (χ3n) is 7.46. The zero-order valence-corrected chi connectivity index (χ0v) is 25.9.